The molecule has 0 unspecified atom stereocenters. The maximum absolute atomic E-state index is 2.45. The molecule has 2 heteroatoms. The largest absolute Gasteiger partial charge is 0.309 e. The second kappa shape index (κ2) is 17.9. The molecule has 0 N–H and O–H groups in total. The van der Waals surface area contributed by atoms with Crippen molar-refractivity contribution in [1.29, 1.82) is 0 Å². The normalized spacial score (nSPS) is 13.3. The lowest BCUT2D eigenvalue weighted by Crippen LogP contribution is -2.15. The van der Waals surface area contributed by atoms with E-state index in [-0.39, 0.29) is 16.2 Å². The highest BCUT2D eigenvalue weighted by molar-refractivity contribution is 6.12. The van der Waals surface area contributed by atoms with Crippen molar-refractivity contribution in [3.05, 3.63) is 265 Å². The van der Waals surface area contributed by atoms with Crippen molar-refractivity contribution in [3.8, 4) is 67.0 Å². The highest BCUT2D eigenvalue weighted by Crippen LogP contribution is 2.51. The van der Waals surface area contributed by atoms with Gasteiger partial charge in [-0.1, -0.05) is 201 Å². The van der Waals surface area contributed by atoms with Crippen molar-refractivity contribution in [2.75, 3.05) is 0 Å². The fourth-order valence-electron chi connectivity index (χ4n) is 13.4. The average molecular weight is 1040 g/mol. The summed E-state index contributed by atoms with van der Waals surface area (Å²) in [7, 11) is 0. The summed E-state index contributed by atoms with van der Waals surface area (Å²) in [4.78, 5) is 0. The molecule has 0 fully saturated rings. The van der Waals surface area contributed by atoms with Crippen LogP contribution in [-0.2, 0) is 16.2 Å². The Balaban J connectivity index is 0.690. The number of aromatic nitrogens is 2. The van der Waals surface area contributed by atoms with Crippen molar-refractivity contribution in [1.82, 2.24) is 9.13 Å². The smallest absolute Gasteiger partial charge is 0.0541 e. The van der Waals surface area contributed by atoms with Gasteiger partial charge >= 0.3 is 0 Å². The van der Waals surface area contributed by atoms with E-state index in [1.807, 2.05) is 0 Å². The second-order valence-electron chi connectivity index (χ2n) is 25.5. The van der Waals surface area contributed by atoms with E-state index in [1.165, 1.54) is 154 Å². The zero-order chi connectivity index (χ0) is 55.1. The zero-order valence-electron chi connectivity index (χ0n) is 47.5. The molecule has 1 aliphatic carbocycles. The second-order valence-corrected chi connectivity index (χ2v) is 25.5. The first-order valence-electron chi connectivity index (χ1n) is 28.8. The topological polar surface area (TPSA) is 9.86 Å². The number of nitrogens with zero attached hydrogens (tertiary/aromatic N) is 2. The van der Waals surface area contributed by atoms with E-state index >= 15 is 0 Å². The molecule has 0 aliphatic heterocycles. The summed E-state index contributed by atoms with van der Waals surface area (Å²) >= 11 is 0. The molecule has 1 aliphatic rings. The molecule has 0 saturated carbocycles. The molecule has 0 atom stereocenters. The number of para-hydroxylation sites is 2. The summed E-state index contributed by atoms with van der Waals surface area (Å²) in [6.07, 6.45) is 0. The highest BCUT2D eigenvalue weighted by Gasteiger charge is 2.36. The molecule has 0 amide bonds. The maximum Gasteiger partial charge on any atom is 0.0541 e. The first kappa shape index (κ1) is 48.9. The van der Waals surface area contributed by atoms with E-state index in [9.17, 15) is 0 Å². The number of rotatable bonds is 6. The van der Waals surface area contributed by atoms with Crippen LogP contribution < -0.4 is 0 Å². The summed E-state index contributed by atoms with van der Waals surface area (Å²) in [5.41, 5.74) is 25.3. The molecule has 2 heterocycles. The predicted octanol–water partition coefficient (Wildman–Crippen LogP) is 21.8. The van der Waals surface area contributed by atoms with Crippen molar-refractivity contribution in [3.63, 3.8) is 0 Å². The lowest BCUT2D eigenvalue weighted by molar-refractivity contribution is 0.590. The van der Waals surface area contributed by atoms with E-state index in [0.717, 1.165) is 0 Å². The van der Waals surface area contributed by atoms with Crippen LogP contribution in [0.5, 0.6) is 0 Å². The van der Waals surface area contributed by atoms with Gasteiger partial charge in [0.05, 0.1) is 22.1 Å². The first-order chi connectivity index (χ1) is 39.1. The Morgan fingerprint density at radius 2 is 0.568 bits per heavy atom. The van der Waals surface area contributed by atoms with Crippen LogP contribution in [0, 0.1) is 0 Å². The molecular formula is C79H64N2. The highest BCUT2D eigenvalue weighted by atomic mass is 15.0. The Bertz CT molecular complexity index is 4580. The molecule has 390 valence electrons. The lowest BCUT2D eigenvalue weighted by atomic mass is 9.80. The molecule has 81 heavy (non-hydrogen) atoms. The fourth-order valence-corrected chi connectivity index (χ4v) is 13.4. The van der Waals surface area contributed by atoms with Crippen LogP contribution in [-0.4, -0.2) is 9.13 Å². The van der Waals surface area contributed by atoms with Crippen LogP contribution in [0.1, 0.15) is 77.6 Å². The van der Waals surface area contributed by atoms with Gasteiger partial charge in [-0.25, -0.2) is 0 Å². The Hall–Kier alpha value is -9.24. The van der Waals surface area contributed by atoms with Crippen LogP contribution in [0.25, 0.3) is 132 Å². The predicted molar refractivity (Wildman–Crippen MR) is 347 cm³/mol. The van der Waals surface area contributed by atoms with Gasteiger partial charge in [-0.15, -0.1) is 0 Å². The lowest BCUT2D eigenvalue weighted by Gasteiger charge is -2.23. The Morgan fingerprint density at radius 3 is 0.926 bits per heavy atom. The van der Waals surface area contributed by atoms with Crippen molar-refractivity contribution < 1.29 is 0 Å². The standard InChI is InChI=1S/C79H64N2/c1-77(2,3)61-29-33-63(34-30-61)80-73-15-11-9-13-67(73)69-45-57(27-39-75(69)80)53-21-17-51-43-55(23-19-49(51)41-53)59-25-37-65-66-38-26-60(48-72(66)79(7,8)71(65)47-59)56-24-20-50-42-54(22-18-52(50)44-56)58-28-40-76-70(46-58)68-14-10-12-16-74(68)81(76)64-35-31-62(32-36-64)78(4,5)6/h9-48H,1-8H3. The molecule has 0 radical (unpaired) electrons. The SMILES string of the molecule is CC(C)(C)c1ccc(-n2c3ccccc3c3cc(-c4ccc5cc(-c6ccc7c(c6)C(C)(C)c6cc(-c8ccc9cc(-c%10ccc%11c(c%10)c%10ccccc%10n%11-c%10ccc(C(C)(C)C)cc%10)ccc9c8)ccc6-7)ccc5c4)ccc32)cc1. The minimum atomic E-state index is -0.164. The van der Waals surface area contributed by atoms with Crippen LogP contribution in [0.15, 0.2) is 243 Å². The van der Waals surface area contributed by atoms with E-state index in [2.05, 4.69) is 307 Å². The Labute approximate surface area is 475 Å². The van der Waals surface area contributed by atoms with Crippen LogP contribution in [0.4, 0.5) is 0 Å². The van der Waals surface area contributed by atoms with Gasteiger partial charge in [-0.3, -0.25) is 0 Å². The van der Waals surface area contributed by atoms with Gasteiger partial charge in [0.2, 0.25) is 0 Å². The minimum Gasteiger partial charge on any atom is -0.309 e. The van der Waals surface area contributed by atoms with Gasteiger partial charge in [0.1, 0.15) is 0 Å². The fraction of sp³-hybridized carbons (Fsp3) is 0.139. The average Bonchev–Trinajstić information content (AvgIpc) is 4.17. The van der Waals surface area contributed by atoms with E-state index < -0.39 is 0 Å². The summed E-state index contributed by atoms with van der Waals surface area (Å²) in [5.74, 6) is 0. The zero-order valence-corrected chi connectivity index (χ0v) is 47.5. The molecule has 14 aromatic rings. The summed E-state index contributed by atoms with van der Waals surface area (Å²) in [6.45, 7) is 18.4. The van der Waals surface area contributed by atoms with E-state index in [1.54, 1.807) is 0 Å². The number of hydrogen-bond acceptors (Lipinski definition) is 0. The third kappa shape index (κ3) is 7.98. The number of benzene rings is 12. The molecule has 2 nitrogen and oxygen atoms in total. The van der Waals surface area contributed by atoms with Gasteiger partial charge in [0.25, 0.3) is 0 Å². The third-order valence-corrected chi connectivity index (χ3v) is 18.0. The summed E-state index contributed by atoms with van der Waals surface area (Å²) in [6, 6.07) is 91.8. The maximum atomic E-state index is 2.45. The van der Waals surface area contributed by atoms with Crippen LogP contribution in [0.2, 0.25) is 0 Å². The van der Waals surface area contributed by atoms with Crippen molar-refractivity contribution in [2.24, 2.45) is 0 Å². The molecule has 0 spiro atoms. The first-order valence-corrected chi connectivity index (χ1v) is 28.8. The quantitative estimate of drug-likeness (QED) is 0.157. The van der Waals surface area contributed by atoms with Crippen molar-refractivity contribution >= 4 is 65.2 Å². The van der Waals surface area contributed by atoms with E-state index in [4.69, 9.17) is 0 Å². The summed E-state index contributed by atoms with van der Waals surface area (Å²) in [5, 5.41) is 10.0. The summed E-state index contributed by atoms with van der Waals surface area (Å²) < 4.78 is 4.82. The van der Waals surface area contributed by atoms with Crippen molar-refractivity contribution in [2.45, 2.75) is 71.6 Å². The van der Waals surface area contributed by atoms with Gasteiger partial charge in [0.15, 0.2) is 0 Å². The van der Waals surface area contributed by atoms with Gasteiger partial charge in [-0.2, -0.15) is 0 Å². The van der Waals surface area contributed by atoms with Gasteiger partial charge in [-0.05, 0) is 207 Å². The molecule has 12 aromatic carbocycles. The van der Waals surface area contributed by atoms with Gasteiger partial charge in [0, 0.05) is 38.3 Å². The molecule has 2 aromatic heterocycles. The number of fused-ring (bicyclic) bond motifs is 11. The monoisotopic (exact) mass is 1040 g/mol. The molecule has 0 bridgehead atoms. The van der Waals surface area contributed by atoms with E-state index in [0.29, 0.717) is 0 Å². The molecule has 0 saturated heterocycles. The Morgan fingerprint density at radius 1 is 0.272 bits per heavy atom. The van der Waals surface area contributed by atoms with Gasteiger partial charge < -0.3 is 9.13 Å². The van der Waals surface area contributed by atoms with Crippen LogP contribution in [0.3, 0.4) is 0 Å². The molecule has 15 rings (SSSR count). The molecular weight excluding hydrogens is 977 g/mol. The Kier molecular flexibility index (Phi) is 10.8. The third-order valence-electron chi connectivity index (χ3n) is 18.0. The number of hydrogen-bond donors (Lipinski definition) is 0. The van der Waals surface area contributed by atoms with Crippen LogP contribution >= 0.6 is 0 Å². The minimum absolute atomic E-state index is 0.107.